The summed E-state index contributed by atoms with van der Waals surface area (Å²) >= 11 is 0. The van der Waals surface area contributed by atoms with Crippen molar-refractivity contribution in [1.82, 2.24) is 15.0 Å². The van der Waals surface area contributed by atoms with Crippen molar-refractivity contribution in [2.45, 2.75) is 20.3 Å². The molecule has 0 aliphatic carbocycles. The third-order valence-corrected chi connectivity index (χ3v) is 2.63. The van der Waals surface area contributed by atoms with E-state index in [-0.39, 0.29) is 22.6 Å². The number of carboxylic acids is 1. The van der Waals surface area contributed by atoms with Gasteiger partial charge in [-0.2, -0.15) is 0 Å². The Balaban J connectivity index is 2.86. The number of carboxylic acid groups (broad SMARTS) is 1. The average molecular weight is 263 g/mol. The molecule has 19 heavy (non-hydrogen) atoms. The number of aromatic nitrogens is 3. The summed E-state index contributed by atoms with van der Waals surface area (Å²) < 4.78 is 0. The molecule has 2 aromatic rings. The van der Waals surface area contributed by atoms with Gasteiger partial charge in [0.1, 0.15) is 5.65 Å². The number of nitrogens with one attached hydrogen (secondary N) is 2. The predicted molar refractivity (Wildman–Crippen MR) is 68.5 cm³/mol. The van der Waals surface area contributed by atoms with Crippen LogP contribution in [0.1, 0.15) is 29.9 Å². The normalized spacial score (nSPS) is 11.1. The summed E-state index contributed by atoms with van der Waals surface area (Å²) in [6.45, 7) is 3.90. The second-order valence-corrected chi connectivity index (χ2v) is 4.70. The summed E-state index contributed by atoms with van der Waals surface area (Å²) in [4.78, 5) is 42.3. The van der Waals surface area contributed by atoms with E-state index >= 15 is 0 Å². The van der Waals surface area contributed by atoms with E-state index in [9.17, 15) is 14.4 Å². The van der Waals surface area contributed by atoms with E-state index in [1.54, 1.807) is 0 Å². The average Bonchev–Trinajstić information content (AvgIpc) is 2.26. The van der Waals surface area contributed by atoms with Gasteiger partial charge in [-0.05, 0) is 24.0 Å². The SMILES string of the molecule is CC(C)Cc1cc(C(=O)O)nc2[nH]c(=O)[nH]c(=O)c12. The molecule has 3 N–H and O–H groups in total. The Bertz CT molecular complexity index is 758. The van der Waals surface area contributed by atoms with Gasteiger partial charge >= 0.3 is 11.7 Å². The lowest BCUT2D eigenvalue weighted by Gasteiger charge is -2.08. The molecule has 0 aliphatic heterocycles. The molecule has 7 heteroatoms. The van der Waals surface area contributed by atoms with Crippen molar-refractivity contribution >= 4 is 17.0 Å². The molecular formula is C12H13N3O4. The number of nitrogens with zero attached hydrogens (tertiary/aromatic N) is 1. The Morgan fingerprint density at radius 3 is 2.63 bits per heavy atom. The summed E-state index contributed by atoms with van der Waals surface area (Å²) in [5, 5.41) is 9.24. The zero-order valence-corrected chi connectivity index (χ0v) is 10.5. The van der Waals surface area contributed by atoms with Crippen LogP contribution in [0, 0.1) is 5.92 Å². The summed E-state index contributed by atoms with van der Waals surface area (Å²) in [7, 11) is 0. The van der Waals surface area contributed by atoms with Crippen molar-refractivity contribution in [1.29, 1.82) is 0 Å². The highest BCUT2D eigenvalue weighted by atomic mass is 16.4. The van der Waals surface area contributed by atoms with Crippen LogP contribution in [0.5, 0.6) is 0 Å². The lowest BCUT2D eigenvalue weighted by Crippen LogP contribution is -2.24. The van der Waals surface area contributed by atoms with Crippen LogP contribution < -0.4 is 11.2 Å². The molecule has 0 atom stereocenters. The van der Waals surface area contributed by atoms with Crippen molar-refractivity contribution in [2.24, 2.45) is 5.92 Å². The minimum Gasteiger partial charge on any atom is -0.477 e. The number of H-pyrrole nitrogens is 2. The molecule has 2 rings (SSSR count). The van der Waals surface area contributed by atoms with Crippen LogP contribution in [-0.4, -0.2) is 26.0 Å². The molecule has 7 nitrogen and oxygen atoms in total. The van der Waals surface area contributed by atoms with Gasteiger partial charge in [0.05, 0.1) is 5.39 Å². The summed E-state index contributed by atoms with van der Waals surface area (Å²) in [6, 6.07) is 1.37. The van der Waals surface area contributed by atoms with Gasteiger partial charge in [0.15, 0.2) is 5.69 Å². The summed E-state index contributed by atoms with van der Waals surface area (Å²) in [5.74, 6) is -0.966. The molecule has 0 unspecified atom stereocenters. The Morgan fingerprint density at radius 2 is 2.05 bits per heavy atom. The number of pyridine rings is 1. The second kappa shape index (κ2) is 4.68. The summed E-state index contributed by atoms with van der Waals surface area (Å²) in [6.07, 6.45) is 0.522. The molecule has 0 saturated heterocycles. The van der Waals surface area contributed by atoms with Gasteiger partial charge in [0.25, 0.3) is 5.56 Å². The number of fused-ring (bicyclic) bond motifs is 1. The van der Waals surface area contributed by atoms with E-state index < -0.39 is 17.2 Å². The van der Waals surface area contributed by atoms with Crippen LogP contribution in [0.25, 0.3) is 11.0 Å². The fourth-order valence-electron chi connectivity index (χ4n) is 1.96. The van der Waals surface area contributed by atoms with Crippen molar-refractivity contribution in [3.8, 4) is 0 Å². The predicted octanol–water partition coefficient (Wildman–Crippen LogP) is 0.508. The second-order valence-electron chi connectivity index (χ2n) is 4.70. The maximum atomic E-state index is 11.8. The van der Waals surface area contributed by atoms with Crippen LogP contribution in [0.3, 0.4) is 0 Å². The molecule has 100 valence electrons. The van der Waals surface area contributed by atoms with Gasteiger partial charge in [0.2, 0.25) is 0 Å². The van der Waals surface area contributed by atoms with Gasteiger partial charge in [-0.1, -0.05) is 13.8 Å². The molecule has 2 heterocycles. The molecule has 0 fully saturated rings. The topological polar surface area (TPSA) is 116 Å². The minimum absolute atomic E-state index is 0.00398. The first kappa shape index (κ1) is 13.0. The smallest absolute Gasteiger partial charge is 0.354 e. The minimum atomic E-state index is -1.20. The molecule has 2 aromatic heterocycles. The number of hydrogen-bond donors (Lipinski definition) is 3. The maximum Gasteiger partial charge on any atom is 0.354 e. The number of carbonyl (C=O) groups is 1. The van der Waals surface area contributed by atoms with E-state index in [1.165, 1.54) is 6.07 Å². The maximum absolute atomic E-state index is 11.8. The molecule has 0 saturated carbocycles. The highest BCUT2D eigenvalue weighted by molar-refractivity contribution is 5.90. The fraction of sp³-hybridized carbons (Fsp3) is 0.333. The third kappa shape index (κ3) is 2.54. The van der Waals surface area contributed by atoms with Crippen LogP contribution in [0.15, 0.2) is 15.7 Å². The van der Waals surface area contributed by atoms with E-state index in [0.29, 0.717) is 12.0 Å². The Morgan fingerprint density at radius 1 is 1.37 bits per heavy atom. The molecule has 0 spiro atoms. The van der Waals surface area contributed by atoms with Gasteiger partial charge in [-0.25, -0.2) is 14.6 Å². The first-order valence-corrected chi connectivity index (χ1v) is 5.78. The van der Waals surface area contributed by atoms with Crippen molar-refractivity contribution in [3.63, 3.8) is 0 Å². The van der Waals surface area contributed by atoms with Crippen LogP contribution in [-0.2, 0) is 6.42 Å². The number of rotatable bonds is 3. The van der Waals surface area contributed by atoms with E-state index in [2.05, 4.69) is 15.0 Å². The highest BCUT2D eigenvalue weighted by Crippen LogP contribution is 2.16. The third-order valence-electron chi connectivity index (χ3n) is 2.63. The Labute approximate surface area is 107 Å². The lowest BCUT2D eigenvalue weighted by molar-refractivity contribution is 0.0690. The summed E-state index contributed by atoms with van der Waals surface area (Å²) in [5.41, 5.74) is -0.884. The van der Waals surface area contributed by atoms with Gasteiger partial charge in [0, 0.05) is 0 Å². The van der Waals surface area contributed by atoms with E-state index in [1.807, 2.05) is 13.8 Å². The Kier molecular flexibility index (Phi) is 3.20. The first-order valence-electron chi connectivity index (χ1n) is 5.78. The quantitative estimate of drug-likeness (QED) is 0.746. The monoisotopic (exact) mass is 263 g/mol. The molecule has 0 bridgehead atoms. The highest BCUT2D eigenvalue weighted by Gasteiger charge is 2.15. The van der Waals surface area contributed by atoms with Gasteiger partial charge < -0.3 is 5.11 Å². The van der Waals surface area contributed by atoms with Crippen molar-refractivity contribution < 1.29 is 9.90 Å². The number of aromatic carboxylic acids is 1. The first-order chi connectivity index (χ1) is 8.88. The Hall–Kier alpha value is -2.44. The lowest BCUT2D eigenvalue weighted by atomic mass is 10.0. The standard InChI is InChI=1S/C12H13N3O4/c1-5(2)3-6-4-7(11(17)18)13-9-8(6)10(16)15-12(19)14-9/h4-5H,3H2,1-2H3,(H,17,18)(H2,13,14,15,16,19). The zero-order chi connectivity index (χ0) is 14.2. The van der Waals surface area contributed by atoms with Crippen molar-refractivity contribution in [2.75, 3.05) is 0 Å². The van der Waals surface area contributed by atoms with Crippen LogP contribution >= 0.6 is 0 Å². The molecule has 0 radical (unpaired) electrons. The van der Waals surface area contributed by atoms with Crippen molar-refractivity contribution in [3.05, 3.63) is 38.2 Å². The van der Waals surface area contributed by atoms with E-state index in [0.717, 1.165) is 0 Å². The van der Waals surface area contributed by atoms with Crippen LogP contribution in [0.2, 0.25) is 0 Å². The molecule has 0 aromatic carbocycles. The van der Waals surface area contributed by atoms with Crippen LogP contribution in [0.4, 0.5) is 0 Å². The molecule has 0 amide bonds. The molecular weight excluding hydrogens is 250 g/mol. The molecule has 0 aliphatic rings. The number of aromatic amines is 2. The fourth-order valence-corrected chi connectivity index (χ4v) is 1.96. The van der Waals surface area contributed by atoms with Gasteiger partial charge in [-0.3, -0.25) is 14.8 Å². The largest absolute Gasteiger partial charge is 0.477 e. The number of hydrogen-bond acceptors (Lipinski definition) is 4. The van der Waals surface area contributed by atoms with E-state index in [4.69, 9.17) is 5.11 Å². The van der Waals surface area contributed by atoms with Gasteiger partial charge in [-0.15, -0.1) is 0 Å². The zero-order valence-electron chi connectivity index (χ0n) is 10.5.